The summed E-state index contributed by atoms with van der Waals surface area (Å²) in [4.78, 5) is 0. The second-order valence-electron chi connectivity index (χ2n) is 4.42. The van der Waals surface area contributed by atoms with Crippen molar-refractivity contribution in [3.05, 3.63) is 0 Å². The summed E-state index contributed by atoms with van der Waals surface area (Å²) in [6, 6.07) is 0.694. The Morgan fingerprint density at radius 3 is 2.23 bits per heavy atom. The molecular weight excluding hydrogens is 158 g/mol. The van der Waals surface area contributed by atoms with E-state index in [0.717, 1.165) is 12.8 Å². The topological polar surface area (TPSA) is 12.0 Å². The van der Waals surface area contributed by atoms with Crippen molar-refractivity contribution in [2.45, 2.75) is 59.5 Å². The minimum atomic E-state index is 0.187. The van der Waals surface area contributed by atoms with E-state index in [2.05, 4.69) is 45.9 Å². The lowest BCUT2D eigenvalue weighted by Crippen LogP contribution is -2.44. The molecule has 0 saturated carbocycles. The average Bonchev–Trinajstić information content (AvgIpc) is 2.13. The number of hydrogen-bond donors (Lipinski definition) is 1. The van der Waals surface area contributed by atoms with Crippen molar-refractivity contribution < 1.29 is 0 Å². The lowest BCUT2D eigenvalue weighted by Gasteiger charge is -2.32. The quantitative estimate of drug-likeness (QED) is 0.643. The fourth-order valence-electron chi connectivity index (χ4n) is 1.11. The zero-order valence-electron chi connectivity index (χ0n) is 9.65. The molecule has 0 bridgehead atoms. The first-order chi connectivity index (χ1) is 5.97. The molecule has 76 valence electrons. The Bertz CT molecular complexity index is 176. The van der Waals surface area contributed by atoms with E-state index in [1.165, 1.54) is 0 Å². The standard InChI is InChI=1S/C12H23N/c1-7-10(4)13-11(8-2)12(5,6)9-3/h2,10-11,13H,7,9H2,1,3-6H3. The highest BCUT2D eigenvalue weighted by Crippen LogP contribution is 2.24. The highest BCUT2D eigenvalue weighted by Gasteiger charge is 2.26. The Morgan fingerprint density at radius 2 is 1.92 bits per heavy atom. The molecule has 0 fully saturated rings. The molecule has 1 N–H and O–H groups in total. The van der Waals surface area contributed by atoms with Crippen LogP contribution in [0.3, 0.4) is 0 Å². The van der Waals surface area contributed by atoms with Crippen LogP contribution in [-0.2, 0) is 0 Å². The Balaban J connectivity index is 4.28. The Kier molecular flexibility index (Phi) is 5.10. The van der Waals surface area contributed by atoms with Gasteiger partial charge in [-0.3, -0.25) is 0 Å². The Labute approximate surface area is 83.3 Å². The van der Waals surface area contributed by atoms with Crippen molar-refractivity contribution in [3.8, 4) is 12.3 Å². The zero-order chi connectivity index (χ0) is 10.5. The van der Waals surface area contributed by atoms with E-state index < -0.39 is 0 Å². The summed E-state index contributed by atoms with van der Waals surface area (Å²) in [7, 11) is 0. The molecule has 13 heavy (non-hydrogen) atoms. The number of rotatable bonds is 5. The maximum absolute atomic E-state index is 5.52. The second kappa shape index (κ2) is 5.29. The van der Waals surface area contributed by atoms with Crippen LogP contribution in [0.5, 0.6) is 0 Å². The minimum absolute atomic E-state index is 0.187. The molecule has 0 rings (SSSR count). The van der Waals surface area contributed by atoms with Gasteiger partial charge in [0, 0.05) is 6.04 Å². The van der Waals surface area contributed by atoms with E-state index in [9.17, 15) is 0 Å². The predicted octanol–water partition coefficient (Wildman–Crippen LogP) is 2.81. The third-order valence-corrected chi connectivity index (χ3v) is 2.92. The van der Waals surface area contributed by atoms with Gasteiger partial charge in [0.1, 0.15) is 0 Å². The van der Waals surface area contributed by atoms with E-state index in [4.69, 9.17) is 6.42 Å². The number of terminal acetylenes is 1. The molecule has 0 aromatic carbocycles. The molecule has 2 unspecified atom stereocenters. The van der Waals surface area contributed by atoms with Gasteiger partial charge in [0.2, 0.25) is 0 Å². The highest BCUT2D eigenvalue weighted by molar-refractivity contribution is 5.06. The average molecular weight is 181 g/mol. The summed E-state index contributed by atoms with van der Waals surface area (Å²) in [5.41, 5.74) is 0.193. The van der Waals surface area contributed by atoms with Gasteiger partial charge in [-0.15, -0.1) is 6.42 Å². The molecule has 1 heteroatoms. The van der Waals surface area contributed by atoms with Gasteiger partial charge in [-0.25, -0.2) is 0 Å². The van der Waals surface area contributed by atoms with Crippen molar-refractivity contribution in [1.82, 2.24) is 5.32 Å². The van der Waals surface area contributed by atoms with Crippen LogP contribution in [0.15, 0.2) is 0 Å². The third kappa shape index (κ3) is 3.83. The van der Waals surface area contributed by atoms with Crippen LogP contribution >= 0.6 is 0 Å². The zero-order valence-corrected chi connectivity index (χ0v) is 9.65. The van der Waals surface area contributed by atoms with Crippen LogP contribution < -0.4 is 5.32 Å². The van der Waals surface area contributed by atoms with Crippen molar-refractivity contribution in [1.29, 1.82) is 0 Å². The van der Waals surface area contributed by atoms with Crippen molar-refractivity contribution in [2.24, 2.45) is 5.41 Å². The van der Waals surface area contributed by atoms with Crippen LogP contribution in [0.25, 0.3) is 0 Å². The largest absolute Gasteiger partial charge is 0.301 e. The maximum atomic E-state index is 5.52. The van der Waals surface area contributed by atoms with Gasteiger partial charge >= 0.3 is 0 Å². The van der Waals surface area contributed by atoms with Gasteiger partial charge < -0.3 is 5.32 Å². The maximum Gasteiger partial charge on any atom is 0.0740 e. The Hall–Kier alpha value is -0.480. The normalized spacial score (nSPS) is 16.3. The van der Waals surface area contributed by atoms with Gasteiger partial charge in [0.25, 0.3) is 0 Å². The number of nitrogens with one attached hydrogen (secondary N) is 1. The first-order valence-electron chi connectivity index (χ1n) is 5.20. The van der Waals surface area contributed by atoms with E-state index in [1.54, 1.807) is 0 Å². The highest BCUT2D eigenvalue weighted by atomic mass is 15.0. The van der Waals surface area contributed by atoms with E-state index >= 15 is 0 Å². The lowest BCUT2D eigenvalue weighted by atomic mass is 9.82. The van der Waals surface area contributed by atoms with Crippen LogP contribution in [0.1, 0.15) is 47.5 Å². The van der Waals surface area contributed by atoms with E-state index in [-0.39, 0.29) is 11.5 Å². The van der Waals surface area contributed by atoms with Crippen molar-refractivity contribution in [3.63, 3.8) is 0 Å². The van der Waals surface area contributed by atoms with E-state index in [1.807, 2.05) is 0 Å². The van der Waals surface area contributed by atoms with Crippen LogP contribution in [0.4, 0.5) is 0 Å². The summed E-state index contributed by atoms with van der Waals surface area (Å²) < 4.78 is 0. The summed E-state index contributed by atoms with van der Waals surface area (Å²) in [5.74, 6) is 2.85. The fourth-order valence-corrected chi connectivity index (χ4v) is 1.11. The predicted molar refractivity (Wildman–Crippen MR) is 59.6 cm³/mol. The molecule has 0 radical (unpaired) electrons. The van der Waals surface area contributed by atoms with Crippen LogP contribution in [0, 0.1) is 17.8 Å². The van der Waals surface area contributed by atoms with Gasteiger partial charge in [-0.1, -0.05) is 33.6 Å². The first kappa shape index (κ1) is 12.5. The summed E-state index contributed by atoms with van der Waals surface area (Å²) >= 11 is 0. The van der Waals surface area contributed by atoms with Gasteiger partial charge in [-0.2, -0.15) is 0 Å². The second-order valence-corrected chi connectivity index (χ2v) is 4.42. The van der Waals surface area contributed by atoms with Crippen LogP contribution in [-0.4, -0.2) is 12.1 Å². The molecule has 2 atom stereocenters. The van der Waals surface area contributed by atoms with Gasteiger partial charge in [-0.05, 0) is 25.2 Å². The molecule has 0 spiro atoms. The van der Waals surface area contributed by atoms with Gasteiger partial charge in [0.05, 0.1) is 6.04 Å². The van der Waals surface area contributed by atoms with Crippen molar-refractivity contribution >= 4 is 0 Å². The molecule has 0 aliphatic rings. The molecule has 0 aromatic rings. The monoisotopic (exact) mass is 181 g/mol. The first-order valence-corrected chi connectivity index (χ1v) is 5.20. The van der Waals surface area contributed by atoms with E-state index in [0.29, 0.717) is 6.04 Å². The SMILES string of the molecule is C#CC(NC(C)CC)C(C)(C)CC. The minimum Gasteiger partial charge on any atom is -0.301 e. The molecular formula is C12H23N. The van der Waals surface area contributed by atoms with Crippen LogP contribution in [0.2, 0.25) is 0 Å². The molecule has 1 nitrogen and oxygen atoms in total. The molecule has 0 amide bonds. The third-order valence-electron chi connectivity index (χ3n) is 2.92. The Morgan fingerprint density at radius 1 is 1.38 bits per heavy atom. The van der Waals surface area contributed by atoms with Gasteiger partial charge in [0.15, 0.2) is 0 Å². The summed E-state index contributed by atoms with van der Waals surface area (Å²) in [6.45, 7) is 11.0. The molecule has 0 heterocycles. The van der Waals surface area contributed by atoms with Crippen molar-refractivity contribution in [2.75, 3.05) is 0 Å². The smallest absolute Gasteiger partial charge is 0.0740 e. The molecule has 0 aromatic heterocycles. The molecule has 0 aliphatic heterocycles. The lowest BCUT2D eigenvalue weighted by molar-refractivity contribution is 0.261. The summed E-state index contributed by atoms with van der Waals surface area (Å²) in [6.07, 6.45) is 7.75. The molecule has 0 aliphatic carbocycles. The fraction of sp³-hybridized carbons (Fsp3) is 0.833. The number of hydrogen-bond acceptors (Lipinski definition) is 1. The molecule has 0 saturated heterocycles. The summed E-state index contributed by atoms with van der Waals surface area (Å²) in [5, 5.41) is 3.47.